The van der Waals surface area contributed by atoms with Crippen molar-refractivity contribution >= 4 is 22.3 Å². The zero-order chi connectivity index (χ0) is 24.4. The van der Waals surface area contributed by atoms with Gasteiger partial charge in [0.2, 0.25) is 0 Å². The van der Waals surface area contributed by atoms with E-state index in [1.54, 1.807) is 6.07 Å². The molecule has 0 atom stereocenters. The first-order valence-corrected chi connectivity index (χ1v) is 10.5. The fraction of sp³-hybridized carbons (Fsp3) is 0. The molecule has 0 fully saturated rings. The number of nitro groups is 2. The van der Waals surface area contributed by atoms with E-state index in [1.807, 2.05) is 54.6 Å². The molecule has 0 unspecified atom stereocenters. The van der Waals surface area contributed by atoms with Crippen molar-refractivity contribution < 1.29 is 14.6 Å². The number of nitrogens with zero attached hydrogens (tertiary/aromatic N) is 4. The van der Waals surface area contributed by atoms with Crippen LogP contribution in [0.3, 0.4) is 0 Å². The summed E-state index contributed by atoms with van der Waals surface area (Å²) in [5.74, 6) is 0.932. The van der Waals surface area contributed by atoms with Crippen LogP contribution in [0.1, 0.15) is 0 Å². The number of rotatable bonds is 6. The molecule has 0 bridgehead atoms. The summed E-state index contributed by atoms with van der Waals surface area (Å²) in [7, 11) is 0. The summed E-state index contributed by atoms with van der Waals surface area (Å²) in [6, 6.07) is 26.6. The monoisotopic (exact) mass is 464 g/mol. The van der Waals surface area contributed by atoms with Crippen molar-refractivity contribution in [2.45, 2.75) is 0 Å². The van der Waals surface area contributed by atoms with Crippen LogP contribution in [0.25, 0.3) is 33.5 Å². The van der Waals surface area contributed by atoms with E-state index >= 15 is 0 Å². The third kappa shape index (κ3) is 4.38. The second-order valence-electron chi connectivity index (χ2n) is 7.57. The zero-order valence-corrected chi connectivity index (χ0v) is 18.1. The maximum Gasteiger partial charge on any atom is 0.273 e. The van der Waals surface area contributed by atoms with Crippen molar-refractivity contribution in [3.63, 3.8) is 0 Å². The highest BCUT2D eigenvalue weighted by Gasteiger charge is 2.20. The van der Waals surface area contributed by atoms with E-state index in [-0.39, 0.29) is 22.9 Å². The quantitative estimate of drug-likeness (QED) is 0.206. The Balaban J connectivity index is 1.73. The molecular weight excluding hydrogens is 448 g/mol. The minimum Gasteiger partial charge on any atom is -0.456 e. The topological polar surface area (TPSA) is 121 Å². The van der Waals surface area contributed by atoms with Crippen molar-refractivity contribution in [2.24, 2.45) is 0 Å². The number of fused-ring (bicyclic) bond motifs is 1. The highest BCUT2D eigenvalue weighted by atomic mass is 16.6. The van der Waals surface area contributed by atoms with E-state index in [0.29, 0.717) is 28.0 Å². The Morgan fingerprint density at radius 3 is 2.17 bits per heavy atom. The van der Waals surface area contributed by atoms with Gasteiger partial charge < -0.3 is 4.74 Å². The molecule has 4 aromatic carbocycles. The number of para-hydroxylation sites is 1. The van der Waals surface area contributed by atoms with E-state index in [1.165, 1.54) is 36.4 Å². The molecule has 5 aromatic rings. The number of hydrogen-bond donors (Lipinski definition) is 0. The van der Waals surface area contributed by atoms with Crippen LogP contribution in [-0.4, -0.2) is 19.8 Å². The standard InChI is InChI=1S/C26H16N4O5/c31-29(32)18-9-6-10-20(15-18)35-24-14-13-19(30(33)34)16-22(24)25-21-11-4-5-12-23(21)27-26(28-25)17-7-2-1-3-8-17/h1-16H. The first-order valence-electron chi connectivity index (χ1n) is 10.5. The van der Waals surface area contributed by atoms with Gasteiger partial charge in [0.1, 0.15) is 11.5 Å². The maximum atomic E-state index is 11.6. The van der Waals surface area contributed by atoms with Crippen molar-refractivity contribution in [1.29, 1.82) is 0 Å². The summed E-state index contributed by atoms with van der Waals surface area (Å²) in [5.41, 5.74) is 1.97. The Morgan fingerprint density at radius 2 is 1.40 bits per heavy atom. The summed E-state index contributed by atoms with van der Waals surface area (Å²) < 4.78 is 6.00. The van der Waals surface area contributed by atoms with Gasteiger partial charge in [-0.05, 0) is 18.2 Å². The molecule has 9 heteroatoms. The molecule has 9 nitrogen and oxygen atoms in total. The molecule has 1 heterocycles. The summed E-state index contributed by atoms with van der Waals surface area (Å²) in [6.07, 6.45) is 0. The second kappa shape index (κ2) is 8.99. The molecule has 0 aliphatic carbocycles. The largest absolute Gasteiger partial charge is 0.456 e. The normalized spacial score (nSPS) is 10.7. The lowest BCUT2D eigenvalue weighted by atomic mass is 10.0. The van der Waals surface area contributed by atoms with Gasteiger partial charge >= 0.3 is 0 Å². The van der Waals surface area contributed by atoms with Crippen LogP contribution in [0.5, 0.6) is 11.5 Å². The van der Waals surface area contributed by atoms with Crippen LogP contribution in [-0.2, 0) is 0 Å². The fourth-order valence-corrected chi connectivity index (χ4v) is 3.69. The molecule has 35 heavy (non-hydrogen) atoms. The van der Waals surface area contributed by atoms with Gasteiger partial charge in [-0.25, -0.2) is 9.97 Å². The number of aromatic nitrogens is 2. The van der Waals surface area contributed by atoms with Gasteiger partial charge in [-0.15, -0.1) is 0 Å². The minimum absolute atomic E-state index is 0.134. The van der Waals surface area contributed by atoms with Crippen LogP contribution >= 0.6 is 0 Å². The molecule has 0 spiro atoms. The summed E-state index contributed by atoms with van der Waals surface area (Å²) in [4.78, 5) is 31.2. The van der Waals surface area contributed by atoms with E-state index in [0.717, 1.165) is 5.56 Å². The Kier molecular flexibility index (Phi) is 5.56. The molecule has 1 aromatic heterocycles. The first kappa shape index (κ1) is 21.7. The SMILES string of the molecule is O=[N+]([O-])c1cccc(Oc2ccc([N+](=O)[O-])cc2-c2nc(-c3ccccc3)nc3ccccc23)c1. The average Bonchev–Trinajstić information content (AvgIpc) is 2.89. The zero-order valence-electron chi connectivity index (χ0n) is 18.1. The molecule has 0 amide bonds. The smallest absolute Gasteiger partial charge is 0.273 e. The Hall–Kier alpha value is -5.18. The lowest BCUT2D eigenvalue weighted by Gasteiger charge is -2.14. The first-order chi connectivity index (χ1) is 17.0. The number of ether oxygens (including phenoxy) is 1. The van der Waals surface area contributed by atoms with Crippen molar-refractivity contribution in [2.75, 3.05) is 0 Å². The maximum absolute atomic E-state index is 11.6. The molecule has 170 valence electrons. The molecule has 0 saturated heterocycles. The number of nitro benzene ring substituents is 2. The molecule has 0 radical (unpaired) electrons. The van der Waals surface area contributed by atoms with Crippen LogP contribution < -0.4 is 4.74 Å². The van der Waals surface area contributed by atoms with Crippen molar-refractivity contribution in [3.05, 3.63) is 117 Å². The second-order valence-corrected chi connectivity index (χ2v) is 7.57. The average molecular weight is 464 g/mol. The number of benzene rings is 4. The fourth-order valence-electron chi connectivity index (χ4n) is 3.69. The lowest BCUT2D eigenvalue weighted by Crippen LogP contribution is -1.98. The Morgan fingerprint density at radius 1 is 0.686 bits per heavy atom. The van der Waals surface area contributed by atoms with E-state index in [2.05, 4.69) is 4.98 Å². The van der Waals surface area contributed by atoms with E-state index < -0.39 is 9.85 Å². The van der Waals surface area contributed by atoms with Crippen LogP contribution in [0.15, 0.2) is 97.1 Å². The molecule has 0 saturated carbocycles. The van der Waals surface area contributed by atoms with Gasteiger partial charge in [0, 0.05) is 29.1 Å². The minimum atomic E-state index is -0.520. The number of non-ortho nitro benzene ring substituents is 2. The lowest BCUT2D eigenvalue weighted by molar-refractivity contribution is -0.385. The van der Waals surface area contributed by atoms with Gasteiger partial charge in [0.05, 0.1) is 32.7 Å². The summed E-state index contributed by atoms with van der Waals surface area (Å²) in [6.45, 7) is 0. The van der Waals surface area contributed by atoms with Crippen molar-refractivity contribution in [1.82, 2.24) is 9.97 Å². The van der Waals surface area contributed by atoms with Gasteiger partial charge in [0.15, 0.2) is 5.82 Å². The Labute approximate surface area is 198 Å². The number of hydrogen-bond acceptors (Lipinski definition) is 7. The molecular formula is C26H16N4O5. The van der Waals surface area contributed by atoms with Gasteiger partial charge in [-0.1, -0.05) is 54.6 Å². The molecule has 0 aliphatic rings. The third-order valence-corrected chi connectivity index (χ3v) is 5.32. The highest BCUT2D eigenvalue weighted by molar-refractivity contribution is 5.95. The molecule has 0 N–H and O–H groups in total. The third-order valence-electron chi connectivity index (χ3n) is 5.32. The Bertz CT molecular complexity index is 1590. The predicted molar refractivity (Wildman–Crippen MR) is 130 cm³/mol. The summed E-state index contributed by atoms with van der Waals surface area (Å²) in [5, 5.41) is 23.5. The molecule has 5 rings (SSSR count). The molecule has 0 aliphatic heterocycles. The van der Waals surface area contributed by atoms with E-state index in [9.17, 15) is 20.2 Å². The van der Waals surface area contributed by atoms with Gasteiger partial charge in [-0.2, -0.15) is 0 Å². The van der Waals surface area contributed by atoms with Gasteiger partial charge in [-0.3, -0.25) is 20.2 Å². The predicted octanol–water partition coefficient (Wildman–Crippen LogP) is 6.57. The summed E-state index contributed by atoms with van der Waals surface area (Å²) >= 11 is 0. The van der Waals surface area contributed by atoms with Crippen molar-refractivity contribution in [3.8, 4) is 34.1 Å². The van der Waals surface area contributed by atoms with Crippen LogP contribution in [0, 0.1) is 20.2 Å². The van der Waals surface area contributed by atoms with Crippen LogP contribution in [0.4, 0.5) is 11.4 Å². The van der Waals surface area contributed by atoms with Crippen LogP contribution in [0.2, 0.25) is 0 Å². The van der Waals surface area contributed by atoms with E-state index in [4.69, 9.17) is 9.72 Å². The highest BCUT2D eigenvalue weighted by Crippen LogP contribution is 2.39. The van der Waals surface area contributed by atoms with Gasteiger partial charge in [0.25, 0.3) is 11.4 Å².